The van der Waals surface area contributed by atoms with Gasteiger partial charge in [0.1, 0.15) is 0 Å². The van der Waals surface area contributed by atoms with E-state index in [-0.39, 0.29) is 5.54 Å². The first-order valence-electron chi connectivity index (χ1n) is 4.37. The maximum atomic E-state index is 12.5. The summed E-state index contributed by atoms with van der Waals surface area (Å²) in [6, 6.07) is 0. The fraction of sp³-hybridized carbons (Fsp3) is 1.00. The van der Waals surface area contributed by atoms with E-state index in [1.165, 1.54) is 0 Å². The zero-order chi connectivity index (χ0) is 8.77. The molecule has 0 radical (unpaired) electrons. The smallest absolute Gasteiger partial charge is 0.0966 e. The Morgan fingerprint density at radius 2 is 2.08 bits per heavy atom. The summed E-state index contributed by atoms with van der Waals surface area (Å²) in [7, 11) is 0. The Morgan fingerprint density at radius 3 is 2.58 bits per heavy atom. The zero-order valence-electron chi connectivity index (χ0n) is 6.83. The number of β-amino-alcohol motifs (C(OH)–C–C–N with tert-alkyl or cyclic N) is 1. The van der Waals surface area contributed by atoms with Crippen LogP contribution in [0.3, 0.4) is 0 Å². The van der Waals surface area contributed by atoms with Crippen LogP contribution < -0.4 is 5.32 Å². The second-order valence-electron chi connectivity index (χ2n) is 3.86. The molecule has 2 rings (SSSR count). The lowest BCUT2D eigenvalue weighted by molar-refractivity contribution is -0.0634. The number of nitrogens with one attached hydrogen (secondary N) is 1. The van der Waals surface area contributed by atoms with Gasteiger partial charge in [-0.05, 0) is 12.8 Å². The Bertz CT molecular complexity index is 184. The average Bonchev–Trinajstić information content (AvgIpc) is 2.81. The van der Waals surface area contributed by atoms with Gasteiger partial charge in [0.2, 0.25) is 0 Å². The molecule has 0 aromatic heterocycles. The Kier molecular flexibility index (Phi) is 1.86. The first-order chi connectivity index (χ1) is 5.69. The minimum absolute atomic E-state index is 0.187. The van der Waals surface area contributed by atoms with E-state index in [4.69, 9.17) is 0 Å². The van der Waals surface area contributed by atoms with Crippen molar-refractivity contribution < 1.29 is 14.6 Å². The van der Waals surface area contributed by atoms with E-state index in [1.807, 2.05) is 0 Å². The van der Waals surface area contributed by atoms with Crippen molar-refractivity contribution >= 4 is 0 Å². The second-order valence-corrected chi connectivity index (χ2v) is 3.86. The highest BCUT2D eigenvalue weighted by Gasteiger charge is 2.55. The van der Waals surface area contributed by atoms with Crippen LogP contribution in [0.4, 0.5) is 4.39 Å². The zero-order valence-corrected chi connectivity index (χ0v) is 6.83. The number of hydrogen-bond acceptors (Lipinski definition) is 3. The quantitative estimate of drug-likeness (QED) is 0.500. The van der Waals surface area contributed by atoms with Gasteiger partial charge in [0, 0.05) is 18.0 Å². The molecule has 1 aliphatic carbocycles. The van der Waals surface area contributed by atoms with E-state index in [9.17, 15) is 14.6 Å². The third kappa shape index (κ3) is 1.06. The maximum Gasteiger partial charge on any atom is 0.0966 e. The van der Waals surface area contributed by atoms with Gasteiger partial charge in [-0.15, -0.1) is 0 Å². The SMILES string of the molecule is OC1CNC2(CC2)C(CF)C1O. The molecule has 70 valence electrons. The van der Waals surface area contributed by atoms with Gasteiger partial charge in [-0.1, -0.05) is 0 Å². The molecule has 3 N–H and O–H groups in total. The predicted octanol–water partition coefficient (Wildman–Crippen LogP) is -0.570. The maximum absolute atomic E-state index is 12.5. The average molecular weight is 175 g/mol. The third-order valence-corrected chi connectivity index (χ3v) is 3.13. The van der Waals surface area contributed by atoms with Crippen molar-refractivity contribution in [2.75, 3.05) is 13.2 Å². The molecule has 3 nitrogen and oxygen atoms in total. The summed E-state index contributed by atoms with van der Waals surface area (Å²) in [4.78, 5) is 0. The highest BCUT2D eigenvalue weighted by molar-refractivity contribution is 5.12. The van der Waals surface area contributed by atoms with Gasteiger partial charge in [-0.2, -0.15) is 0 Å². The number of piperidine rings is 1. The lowest BCUT2D eigenvalue weighted by Gasteiger charge is -2.38. The van der Waals surface area contributed by atoms with Gasteiger partial charge in [0.25, 0.3) is 0 Å². The van der Waals surface area contributed by atoms with Crippen molar-refractivity contribution in [3.8, 4) is 0 Å². The number of aliphatic hydroxyl groups excluding tert-OH is 2. The first-order valence-corrected chi connectivity index (χ1v) is 4.37. The Morgan fingerprint density at radius 1 is 1.42 bits per heavy atom. The minimum Gasteiger partial charge on any atom is -0.390 e. The Hall–Kier alpha value is -0.190. The van der Waals surface area contributed by atoms with Gasteiger partial charge in [-0.3, -0.25) is 4.39 Å². The van der Waals surface area contributed by atoms with E-state index in [0.29, 0.717) is 6.54 Å². The van der Waals surface area contributed by atoms with Gasteiger partial charge in [0.05, 0.1) is 18.9 Å². The first kappa shape index (κ1) is 8.41. The summed E-state index contributed by atoms with van der Waals surface area (Å²) in [5.41, 5.74) is -0.187. The third-order valence-electron chi connectivity index (χ3n) is 3.13. The highest BCUT2D eigenvalue weighted by atomic mass is 19.1. The largest absolute Gasteiger partial charge is 0.390 e. The summed E-state index contributed by atoms with van der Waals surface area (Å²) in [6.45, 7) is -0.164. The molecular weight excluding hydrogens is 161 g/mol. The van der Waals surface area contributed by atoms with Crippen LogP contribution in [-0.4, -0.2) is 41.2 Å². The van der Waals surface area contributed by atoms with E-state index < -0.39 is 24.8 Å². The fourth-order valence-corrected chi connectivity index (χ4v) is 2.08. The van der Waals surface area contributed by atoms with E-state index >= 15 is 0 Å². The molecule has 0 bridgehead atoms. The standard InChI is InChI=1S/C8H14FNO2/c9-3-5-7(12)6(11)4-10-8(5)1-2-8/h5-7,10-12H,1-4H2. The van der Waals surface area contributed by atoms with E-state index in [1.54, 1.807) is 0 Å². The molecule has 1 heterocycles. The Balaban J connectivity index is 2.11. The molecule has 12 heavy (non-hydrogen) atoms. The van der Waals surface area contributed by atoms with Crippen molar-refractivity contribution in [1.82, 2.24) is 5.32 Å². The van der Waals surface area contributed by atoms with Gasteiger partial charge in [0.15, 0.2) is 0 Å². The number of alkyl halides is 1. The minimum atomic E-state index is -0.890. The van der Waals surface area contributed by atoms with Crippen LogP contribution in [0.15, 0.2) is 0 Å². The molecule has 1 saturated carbocycles. The number of hydrogen-bond donors (Lipinski definition) is 3. The summed E-state index contributed by atoms with van der Waals surface area (Å²) in [6.07, 6.45) is 0.146. The summed E-state index contributed by atoms with van der Waals surface area (Å²) in [5, 5.41) is 21.8. The predicted molar refractivity (Wildman–Crippen MR) is 41.4 cm³/mol. The molecule has 1 aliphatic heterocycles. The fourth-order valence-electron chi connectivity index (χ4n) is 2.08. The van der Waals surface area contributed by atoms with Crippen LogP contribution in [0, 0.1) is 5.92 Å². The Labute approximate surface area is 70.6 Å². The van der Waals surface area contributed by atoms with Gasteiger partial charge in [-0.25, -0.2) is 0 Å². The number of aliphatic hydroxyl groups is 2. The highest BCUT2D eigenvalue weighted by Crippen LogP contribution is 2.46. The lowest BCUT2D eigenvalue weighted by Crippen LogP contribution is -2.58. The molecule has 0 aromatic carbocycles. The molecule has 0 aromatic rings. The molecule has 1 saturated heterocycles. The molecule has 4 heteroatoms. The lowest BCUT2D eigenvalue weighted by atomic mass is 9.85. The normalized spacial score (nSPS) is 44.8. The summed E-state index contributed by atoms with van der Waals surface area (Å²) < 4.78 is 12.5. The number of halogens is 1. The second kappa shape index (κ2) is 2.65. The molecule has 3 atom stereocenters. The molecule has 1 spiro atoms. The molecule has 3 unspecified atom stereocenters. The van der Waals surface area contributed by atoms with E-state index in [0.717, 1.165) is 12.8 Å². The van der Waals surface area contributed by atoms with E-state index in [2.05, 4.69) is 5.32 Å². The van der Waals surface area contributed by atoms with Gasteiger partial charge < -0.3 is 15.5 Å². The van der Waals surface area contributed by atoms with Crippen LogP contribution in [0.2, 0.25) is 0 Å². The van der Waals surface area contributed by atoms with Crippen LogP contribution >= 0.6 is 0 Å². The van der Waals surface area contributed by atoms with Crippen LogP contribution in [0.5, 0.6) is 0 Å². The van der Waals surface area contributed by atoms with Crippen LogP contribution in [0.25, 0.3) is 0 Å². The summed E-state index contributed by atoms with van der Waals surface area (Å²) in [5.74, 6) is -0.416. The van der Waals surface area contributed by atoms with Crippen LogP contribution in [-0.2, 0) is 0 Å². The molecular formula is C8H14FNO2. The van der Waals surface area contributed by atoms with Crippen LogP contribution in [0.1, 0.15) is 12.8 Å². The summed E-state index contributed by atoms with van der Waals surface area (Å²) >= 11 is 0. The molecule has 0 amide bonds. The topological polar surface area (TPSA) is 52.5 Å². The number of rotatable bonds is 1. The van der Waals surface area contributed by atoms with Gasteiger partial charge >= 0.3 is 0 Å². The molecule has 2 fully saturated rings. The molecule has 2 aliphatic rings. The van der Waals surface area contributed by atoms with Crippen molar-refractivity contribution in [3.05, 3.63) is 0 Å². The van der Waals surface area contributed by atoms with Crippen molar-refractivity contribution in [3.63, 3.8) is 0 Å². The van der Waals surface area contributed by atoms with Crippen molar-refractivity contribution in [2.24, 2.45) is 5.92 Å². The van der Waals surface area contributed by atoms with Crippen molar-refractivity contribution in [1.29, 1.82) is 0 Å². The van der Waals surface area contributed by atoms with Crippen molar-refractivity contribution in [2.45, 2.75) is 30.6 Å². The monoisotopic (exact) mass is 175 g/mol.